The molecule has 3 fully saturated rings. The maximum atomic E-state index is 6.06. The lowest BCUT2D eigenvalue weighted by atomic mass is 9.67. The van der Waals surface area contributed by atoms with Crippen LogP contribution in [0, 0.1) is 22.7 Å². The maximum absolute atomic E-state index is 6.06. The number of epoxide rings is 1. The van der Waals surface area contributed by atoms with Crippen LogP contribution in [0.2, 0.25) is 0 Å². The van der Waals surface area contributed by atoms with Crippen molar-refractivity contribution in [3.05, 3.63) is 11.6 Å². The van der Waals surface area contributed by atoms with E-state index < -0.39 is 0 Å². The van der Waals surface area contributed by atoms with Crippen LogP contribution in [0.3, 0.4) is 0 Å². The molecule has 0 amide bonds. The molecule has 1 unspecified atom stereocenters. The van der Waals surface area contributed by atoms with E-state index in [0.29, 0.717) is 16.9 Å². The van der Waals surface area contributed by atoms with Crippen molar-refractivity contribution < 1.29 is 4.74 Å². The van der Waals surface area contributed by atoms with Crippen LogP contribution < -0.4 is 0 Å². The molecule has 16 heavy (non-hydrogen) atoms. The predicted octanol–water partition coefficient (Wildman–Crippen LogP) is 3.55. The fourth-order valence-electron chi connectivity index (χ4n) is 5.67. The van der Waals surface area contributed by atoms with E-state index in [1.54, 1.807) is 5.57 Å². The lowest BCUT2D eigenvalue weighted by Gasteiger charge is -2.36. The van der Waals surface area contributed by atoms with E-state index >= 15 is 0 Å². The second-order valence-corrected chi connectivity index (χ2v) is 7.40. The van der Waals surface area contributed by atoms with Crippen LogP contribution in [-0.4, -0.2) is 11.7 Å². The Morgan fingerprint density at radius 1 is 1.19 bits per heavy atom. The van der Waals surface area contributed by atoms with Crippen molar-refractivity contribution in [2.45, 2.75) is 58.7 Å². The van der Waals surface area contributed by atoms with Gasteiger partial charge in [0.05, 0.1) is 11.7 Å². The molecule has 0 radical (unpaired) electrons. The van der Waals surface area contributed by atoms with E-state index in [1.807, 2.05) is 0 Å². The minimum Gasteiger partial charge on any atom is -0.366 e. The predicted molar refractivity (Wildman–Crippen MR) is 64.1 cm³/mol. The van der Waals surface area contributed by atoms with Crippen LogP contribution in [0.4, 0.5) is 0 Å². The highest BCUT2D eigenvalue weighted by Gasteiger charge is 2.75. The van der Waals surface area contributed by atoms with Gasteiger partial charge in [0, 0.05) is 0 Å². The van der Waals surface area contributed by atoms with Crippen molar-refractivity contribution in [3.8, 4) is 0 Å². The molecule has 1 spiro atoms. The van der Waals surface area contributed by atoms with E-state index in [9.17, 15) is 0 Å². The van der Waals surface area contributed by atoms with E-state index in [1.165, 1.54) is 19.3 Å². The van der Waals surface area contributed by atoms with E-state index in [2.05, 4.69) is 33.8 Å². The Kier molecular flexibility index (Phi) is 1.39. The summed E-state index contributed by atoms with van der Waals surface area (Å²) in [4.78, 5) is 0. The molecule has 5 atom stereocenters. The second-order valence-electron chi connectivity index (χ2n) is 7.40. The third-order valence-electron chi connectivity index (χ3n) is 6.70. The Hall–Kier alpha value is -0.300. The molecule has 1 heteroatoms. The number of ether oxygens (including phenoxy) is 1. The molecule has 3 aliphatic carbocycles. The zero-order valence-electron chi connectivity index (χ0n) is 10.8. The smallest absolute Gasteiger partial charge is 0.0954 e. The molecule has 2 saturated carbocycles. The van der Waals surface area contributed by atoms with Gasteiger partial charge in [-0.05, 0) is 55.8 Å². The molecule has 0 N–H and O–H groups in total. The van der Waals surface area contributed by atoms with Crippen LogP contribution in [-0.2, 0) is 4.74 Å². The quantitative estimate of drug-likeness (QED) is 0.447. The minimum absolute atomic E-state index is 0.235. The number of hydrogen-bond donors (Lipinski definition) is 0. The van der Waals surface area contributed by atoms with Crippen LogP contribution in [0.25, 0.3) is 0 Å². The third-order valence-corrected chi connectivity index (χ3v) is 6.70. The van der Waals surface area contributed by atoms with Gasteiger partial charge in [-0.1, -0.05) is 25.5 Å². The first-order valence-electron chi connectivity index (χ1n) is 6.76. The third kappa shape index (κ3) is 0.766. The van der Waals surface area contributed by atoms with E-state index in [4.69, 9.17) is 4.74 Å². The molecule has 88 valence electrons. The van der Waals surface area contributed by atoms with Gasteiger partial charge in [0.25, 0.3) is 0 Å². The van der Waals surface area contributed by atoms with Gasteiger partial charge < -0.3 is 4.74 Å². The Morgan fingerprint density at radius 2 is 1.94 bits per heavy atom. The van der Waals surface area contributed by atoms with Gasteiger partial charge >= 0.3 is 0 Å². The van der Waals surface area contributed by atoms with Gasteiger partial charge in [-0.15, -0.1) is 0 Å². The van der Waals surface area contributed by atoms with Crippen molar-refractivity contribution >= 4 is 0 Å². The average Bonchev–Trinajstić information content (AvgIpc) is 2.67. The largest absolute Gasteiger partial charge is 0.366 e. The van der Waals surface area contributed by atoms with Gasteiger partial charge in [-0.2, -0.15) is 0 Å². The summed E-state index contributed by atoms with van der Waals surface area (Å²) in [6.45, 7) is 9.71. The minimum atomic E-state index is 0.235. The summed E-state index contributed by atoms with van der Waals surface area (Å²) < 4.78 is 6.06. The monoisotopic (exact) mass is 218 g/mol. The molecule has 0 aromatic heterocycles. The van der Waals surface area contributed by atoms with Crippen molar-refractivity contribution in [1.82, 2.24) is 0 Å². The highest BCUT2D eigenvalue weighted by Crippen LogP contribution is 2.76. The van der Waals surface area contributed by atoms with Gasteiger partial charge in [-0.3, -0.25) is 0 Å². The first-order valence-corrected chi connectivity index (χ1v) is 6.76. The number of rotatable bonds is 0. The highest BCUT2D eigenvalue weighted by atomic mass is 16.6. The Labute approximate surface area is 98.2 Å². The Bertz CT molecular complexity index is 408. The molecule has 0 aromatic rings. The molecule has 2 bridgehead atoms. The molecule has 1 heterocycles. The van der Waals surface area contributed by atoms with Gasteiger partial charge in [0.15, 0.2) is 0 Å². The molecule has 4 rings (SSSR count). The van der Waals surface area contributed by atoms with E-state index in [0.717, 1.165) is 11.8 Å². The first kappa shape index (κ1) is 9.70. The number of fused-ring (bicyclic) bond motifs is 3. The fraction of sp³-hybridized carbons (Fsp3) is 0.867. The van der Waals surface area contributed by atoms with E-state index in [-0.39, 0.29) is 5.60 Å². The summed E-state index contributed by atoms with van der Waals surface area (Å²) in [6.07, 6.45) is 7.08. The molecule has 1 aliphatic heterocycles. The first-order chi connectivity index (χ1) is 7.41. The number of allylic oxidation sites excluding steroid dienone is 2. The topological polar surface area (TPSA) is 12.5 Å². The molecule has 1 nitrogen and oxygen atoms in total. The van der Waals surface area contributed by atoms with Crippen molar-refractivity contribution in [1.29, 1.82) is 0 Å². The highest BCUT2D eigenvalue weighted by molar-refractivity contribution is 5.34. The van der Waals surface area contributed by atoms with Crippen LogP contribution in [0.15, 0.2) is 11.6 Å². The lowest BCUT2D eigenvalue weighted by Crippen LogP contribution is -2.35. The van der Waals surface area contributed by atoms with Crippen LogP contribution in [0.5, 0.6) is 0 Å². The van der Waals surface area contributed by atoms with Gasteiger partial charge in [0.1, 0.15) is 0 Å². The summed E-state index contributed by atoms with van der Waals surface area (Å²) in [5.74, 6) is 1.67. The summed E-state index contributed by atoms with van der Waals surface area (Å²) in [5.41, 5.74) is 2.90. The van der Waals surface area contributed by atoms with Crippen molar-refractivity contribution in [2.75, 3.05) is 0 Å². The molecule has 4 aliphatic rings. The number of hydrogen-bond acceptors (Lipinski definition) is 1. The summed E-state index contributed by atoms with van der Waals surface area (Å²) in [7, 11) is 0. The van der Waals surface area contributed by atoms with Gasteiger partial charge in [0.2, 0.25) is 0 Å². The second kappa shape index (κ2) is 2.29. The van der Waals surface area contributed by atoms with Gasteiger partial charge in [-0.25, -0.2) is 0 Å². The molecular weight excluding hydrogens is 196 g/mol. The molecule has 0 aromatic carbocycles. The summed E-state index contributed by atoms with van der Waals surface area (Å²) in [5, 5.41) is 0. The molecule has 1 saturated heterocycles. The molecular formula is C15H22O. The Morgan fingerprint density at radius 3 is 2.69 bits per heavy atom. The zero-order valence-corrected chi connectivity index (χ0v) is 10.8. The van der Waals surface area contributed by atoms with Crippen molar-refractivity contribution in [2.24, 2.45) is 22.7 Å². The van der Waals surface area contributed by atoms with Crippen molar-refractivity contribution in [3.63, 3.8) is 0 Å². The normalized spacial score (nSPS) is 60.2. The lowest BCUT2D eigenvalue weighted by molar-refractivity contribution is 0.0969. The maximum Gasteiger partial charge on any atom is 0.0954 e. The standard InChI is InChI=1S/C15H22O/c1-9-5-6-10-13(2,3)11-7-15(9,10)8-12-14(11,4)16-12/h5,10-12H,6-8H2,1-4H3/t10-,11+,12?,14-,15+/m0/s1. The average molecular weight is 218 g/mol. The SMILES string of the molecule is CC1=CC[C@H]2C(C)(C)[C@H]3C[C@@]12CC1O[C@]13C. The summed E-state index contributed by atoms with van der Waals surface area (Å²) in [6, 6.07) is 0. The zero-order chi connectivity index (χ0) is 11.3. The van der Waals surface area contributed by atoms with Crippen LogP contribution >= 0.6 is 0 Å². The van der Waals surface area contributed by atoms with Crippen LogP contribution in [0.1, 0.15) is 47.0 Å². The summed E-state index contributed by atoms with van der Waals surface area (Å²) >= 11 is 0. The Balaban J connectivity index is 1.88. The fourth-order valence-corrected chi connectivity index (χ4v) is 5.67.